The zero-order valence-corrected chi connectivity index (χ0v) is 11.3. The Balaban J connectivity index is 2.23. The van der Waals surface area contributed by atoms with Gasteiger partial charge in [-0.1, -0.05) is 25.3 Å². The number of rotatable bonds is 1. The molecule has 6 heteroatoms. The minimum absolute atomic E-state index is 0.0258. The number of aromatic nitrogens is 2. The van der Waals surface area contributed by atoms with Crippen LogP contribution < -0.4 is 5.73 Å². The minimum atomic E-state index is -0.153. The molecule has 0 radical (unpaired) electrons. The highest BCUT2D eigenvalue weighted by molar-refractivity contribution is 7.08. The molecule has 1 aliphatic rings. The number of likely N-dealkylation sites (tertiary alicyclic amines) is 1. The van der Waals surface area contributed by atoms with E-state index in [1.807, 2.05) is 20.8 Å². The summed E-state index contributed by atoms with van der Waals surface area (Å²) in [5.74, 6) is 0.0258. The van der Waals surface area contributed by atoms with E-state index in [1.54, 1.807) is 4.90 Å². The van der Waals surface area contributed by atoms with E-state index in [-0.39, 0.29) is 17.4 Å². The maximum Gasteiger partial charge on any atom is 0.267 e. The smallest absolute Gasteiger partial charge is 0.267 e. The molecule has 1 aliphatic heterocycles. The number of amides is 1. The first-order valence-corrected chi connectivity index (χ1v) is 6.54. The van der Waals surface area contributed by atoms with Gasteiger partial charge in [0.2, 0.25) is 0 Å². The quantitative estimate of drug-likeness (QED) is 0.812. The summed E-state index contributed by atoms with van der Waals surface area (Å²) in [6.45, 7) is 7.49. The average molecular weight is 254 g/mol. The molecule has 1 aromatic heterocycles. The lowest BCUT2D eigenvalue weighted by Crippen LogP contribution is -2.32. The van der Waals surface area contributed by atoms with Crippen LogP contribution in [0.25, 0.3) is 0 Å². The summed E-state index contributed by atoms with van der Waals surface area (Å²) in [4.78, 5) is 14.8. The molecule has 5 nitrogen and oxygen atoms in total. The molecule has 1 atom stereocenters. The molecule has 0 spiro atoms. The van der Waals surface area contributed by atoms with E-state index >= 15 is 0 Å². The van der Waals surface area contributed by atoms with Gasteiger partial charge in [-0.3, -0.25) is 4.79 Å². The molecule has 1 amide bonds. The lowest BCUT2D eigenvalue weighted by Gasteiger charge is -2.19. The topological polar surface area (TPSA) is 72.1 Å². The Kier molecular flexibility index (Phi) is 3.18. The van der Waals surface area contributed by atoms with Gasteiger partial charge >= 0.3 is 0 Å². The summed E-state index contributed by atoms with van der Waals surface area (Å²) >= 11 is 1.18. The first-order chi connectivity index (χ1) is 7.89. The Labute approximate surface area is 105 Å². The van der Waals surface area contributed by atoms with Crippen molar-refractivity contribution in [1.29, 1.82) is 0 Å². The molecule has 1 saturated heterocycles. The first-order valence-electron chi connectivity index (χ1n) is 5.77. The Morgan fingerprint density at radius 1 is 1.53 bits per heavy atom. The molecule has 0 saturated carbocycles. The van der Waals surface area contributed by atoms with Crippen molar-refractivity contribution in [2.75, 3.05) is 13.1 Å². The van der Waals surface area contributed by atoms with E-state index in [0.29, 0.717) is 11.4 Å². The fraction of sp³-hybridized carbons (Fsp3) is 0.727. The summed E-state index contributed by atoms with van der Waals surface area (Å²) in [6.07, 6.45) is 0.878. The number of nitrogens with zero attached hydrogens (tertiary/aromatic N) is 3. The molecule has 0 aliphatic carbocycles. The number of carbonyl (C=O) groups excluding carboxylic acids is 1. The molecule has 2 heterocycles. The molecule has 94 valence electrons. The first kappa shape index (κ1) is 12.4. The third-order valence-corrected chi connectivity index (χ3v) is 3.62. The van der Waals surface area contributed by atoms with Gasteiger partial charge in [0, 0.05) is 24.5 Å². The van der Waals surface area contributed by atoms with Gasteiger partial charge in [0.1, 0.15) is 4.88 Å². The molecular formula is C11H18N4OS. The van der Waals surface area contributed by atoms with Gasteiger partial charge in [-0.05, 0) is 18.0 Å². The van der Waals surface area contributed by atoms with E-state index in [4.69, 9.17) is 5.73 Å². The normalized spacial score (nSPS) is 20.9. The van der Waals surface area contributed by atoms with Crippen LogP contribution in [0.4, 0.5) is 0 Å². The maximum absolute atomic E-state index is 12.3. The lowest BCUT2D eigenvalue weighted by molar-refractivity contribution is 0.0793. The number of carbonyl (C=O) groups is 1. The van der Waals surface area contributed by atoms with Crippen LogP contribution in [0, 0.1) is 0 Å². The van der Waals surface area contributed by atoms with Crippen LogP contribution in [0.3, 0.4) is 0 Å². The molecule has 1 aromatic rings. The zero-order valence-electron chi connectivity index (χ0n) is 10.4. The Morgan fingerprint density at radius 3 is 2.76 bits per heavy atom. The van der Waals surface area contributed by atoms with Crippen molar-refractivity contribution in [3.8, 4) is 0 Å². The summed E-state index contributed by atoms with van der Waals surface area (Å²) < 4.78 is 3.91. The van der Waals surface area contributed by atoms with E-state index in [0.717, 1.165) is 18.7 Å². The average Bonchev–Trinajstić information content (AvgIpc) is 2.83. The van der Waals surface area contributed by atoms with Crippen LogP contribution >= 0.6 is 11.5 Å². The van der Waals surface area contributed by atoms with Crippen molar-refractivity contribution in [2.24, 2.45) is 5.73 Å². The van der Waals surface area contributed by atoms with Crippen LogP contribution in [0.1, 0.15) is 42.6 Å². The van der Waals surface area contributed by atoms with Gasteiger partial charge in [0.05, 0.1) is 5.69 Å². The highest BCUT2D eigenvalue weighted by Gasteiger charge is 2.31. The third kappa shape index (κ3) is 2.47. The Bertz CT molecular complexity index is 423. The monoisotopic (exact) mass is 254 g/mol. The molecule has 1 fully saturated rings. The van der Waals surface area contributed by atoms with Gasteiger partial charge < -0.3 is 10.6 Å². The summed E-state index contributed by atoms with van der Waals surface area (Å²) in [6, 6.07) is 0.109. The van der Waals surface area contributed by atoms with E-state index in [2.05, 4.69) is 9.59 Å². The Hall–Kier alpha value is -1.01. The second kappa shape index (κ2) is 4.34. The molecule has 2 N–H and O–H groups in total. The van der Waals surface area contributed by atoms with Crippen LogP contribution in [0.2, 0.25) is 0 Å². The summed E-state index contributed by atoms with van der Waals surface area (Å²) in [7, 11) is 0. The SMILES string of the molecule is CC(C)(C)c1nnsc1C(=O)N1CC[C@H](N)C1. The second-order valence-corrected chi connectivity index (χ2v) is 6.25. The van der Waals surface area contributed by atoms with Gasteiger partial charge in [-0.25, -0.2) is 0 Å². The second-order valence-electron chi connectivity index (χ2n) is 5.50. The fourth-order valence-corrected chi connectivity index (χ4v) is 2.78. The molecule has 17 heavy (non-hydrogen) atoms. The Morgan fingerprint density at radius 2 is 2.24 bits per heavy atom. The molecular weight excluding hydrogens is 236 g/mol. The standard InChI is InChI=1S/C11H18N4OS/c1-11(2,3)9-8(17-14-13-9)10(16)15-5-4-7(12)6-15/h7H,4-6,12H2,1-3H3/t7-/m0/s1. The van der Waals surface area contributed by atoms with Gasteiger partial charge in [0.25, 0.3) is 5.91 Å². The number of hydrogen-bond donors (Lipinski definition) is 1. The summed E-state index contributed by atoms with van der Waals surface area (Å²) in [5.41, 5.74) is 6.45. The molecule has 2 rings (SSSR count). The van der Waals surface area contributed by atoms with Crippen LogP contribution in [0.15, 0.2) is 0 Å². The van der Waals surface area contributed by atoms with Crippen molar-refractivity contribution in [1.82, 2.24) is 14.5 Å². The number of hydrogen-bond acceptors (Lipinski definition) is 5. The van der Waals surface area contributed by atoms with E-state index in [9.17, 15) is 4.79 Å². The van der Waals surface area contributed by atoms with Crippen LogP contribution in [-0.4, -0.2) is 39.5 Å². The lowest BCUT2D eigenvalue weighted by atomic mass is 9.91. The highest BCUT2D eigenvalue weighted by atomic mass is 32.1. The maximum atomic E-state index is 12.3. The van der Waals surface area contributed by atoms with Gasteiger partial charge in [-0.15, -0.1) is 5.10 Å². The predicted octanol–water partition coefficient (Wildman–Crippen LogP) is 1.01. The van der Waals surface area contributed by atoms with E-state index in [1.165, 1.54) is 11.5 Å². The van der Waals surface area contributed by atoms with Crippen LogP contribution in [-0.2, 0) is 5.41 Å². The molecule has 0 aromatic carbocycles. The van der Waals surface area contributed by atoms with E-state index < -0.39 is 0 Å². The molecule has 0 unspecified atom stereocenters. The molecule has 0 bridgehead atoms. The van der Waals surface area contributed by atoms with Gasteiger partial charge in [-0.2, -0.15) is 0 Å². The van der Waals surface area contributed by atoms with Crippen molar-refractivity contribution in [3.63, 3.8) is 0 Å². The van der Waals surface area contributed by atoms with Crippen molar-refractivity contribution >= 4 is 17.4 Å². The van der Waals surface area contributed by atoms with Crippen LogP contribution in [0.5, 0.6) is 0 Å². The van der Waals surface area contributed by atoms with Crippen molar-refractivity contribution < 1.29 is 4.79 Å². The zero-order chi connectivity index (χ0) is 12.6. The minimum Gasteiger partial charge on any atom is -0.336 e. The largest absolute Gasteiger partial charge is 0.336 e. The van der Waals surface area contributed by atoms with Crippen molar-refractivity contribution in [2.45, 2.75) is 38.6 Å². The highest BCUT2D eigenvalue weighted by Crippen LogP contribution is 2.27. The predicted molar refractivity (Wildman–Crippen MR) is 67.1 cm³/mol. The summed E-state index contributed by atoms with van der Waals surface area (Å²) in [5, 5.41) is 4.09. The third-order valence-electron chi connectivity index (χ3n) is 2.90. The van der Waals surface area contributed by atoms with Crippen molar-refractivity contribution in [3.05, 3.63) is 10.6 Å². The van der Waals surface area contributed by atoms with Gasteiger partial charge in [0.15, 0.2) is 0 Å². The fourth-order valence-electron chi connectivity index (χ4n) is 1.94. The number of nitrogens with two attached hydrogens (primary N) is 1.